The average Bonchev–Trinajstić information content (AvgIpc) is 2.73. The summed E-state index contributed by atoms with van der Waals surface area (Å²) in [4.78, 5) is 26.0. The normalized spacial score (nSPS) is 13.6. The van der Waals surface area contributed by atoms with E-state index in [0.717, 1.165) is 29.1 Å². The molecule has 0 unspecified atom stereocenters. The van der Waals surface area contributed by atoms with Crippen LogP contribution >= 0.6 is 0 Å². The number of rotatable bonds is 3. The second-order valence-electron chi connectivity index (χ2n) is 6.77. The van der Waals surface area contributed by atoms with E-state index in [1.165, 1.54) is 18.3 Å². The molecule has 10 heteroatoms. The highest BCUT2D eigenvalue weighted by Gasteiger charge is 2.30. The molecular weight excluding hydrogens is 397 g/mol. The summed E-state index contributed by atoms with van der Waals surface area (Å²) in [6, 6.07) is 9.36. The largest absolute Gasteiger partial charge is 0.417 e. The van der Waals surface area contributed by atoms with E-state index in [4.69, 9.17) is 5.73 Å². The molecule has 0 fully saturated rings. The van der Waals surface area contributed by atoms with Crippen molar-refractivity contribution in [2.75, 3.05) is 17.6 Å². The minimum atomic E-state index is -4.43. The van der Waals surface area contributed by atoms with E-state index in [0.29, 0.717) is 25.3 Å². The van der Waals surface area contributed by atoms with Gasteiger partial charge in [0.15, 0.2) is 0 Å². The van der Waals surface area contributed by atoms with Crippen LogP contribution in [-0.2, 0) is 19.1 Å². The first-order valence-electron chi connectivity index (χ1n) is 9.10. The number of carbonyl (C=O) groups is 1. The molecule has 154 valence electrons. The number of nitrogen functional groups attached to an aromatic ring is 1. The van der Waals surface area contributed by atoms with E-state index < -0.39 is 11.7 Å². The van der Waals surface area contributed by atoms with Gasteiger partial charge in [0.2, 0.25) is 5.95 Å². The van der Waals surface area contributed by atoms with Crippen molar-refractivity contribution in [1.29, 1.82) is 0 Å². The van der Waals surface area contributed by atoms with Crippen LogP contribution in [0.3, 0.4) is 0 Å². The van der Waals surface area contributed by atoms with Crippen LogP contribution in [0.1, 0.15) is 27.2 Å². The molecule has 3 heterocycles. The zero-order valence-electron chi connectivity index (χ0n) is 15.6. The van der Waals surface area contributed by atoms with Crippen LogP contribution in [0.2, 0.25) is 0 Å². The fraction of sp³-hybridized carbons (Fsp3) is 0.200. The number of amides is 1. The lowest BCUT2D eigenvalue weighted by Gasteiger charge is -2.30. The van der Waals surface area contributed by atoms with Crippen molar-refractivity contribution >= 4 is 23.4 Å². The van der Waals surface area contributed by atoms with Gasteiger partial charge in [-0.05, 0) is 41.8 Å². The van der Waals surface area contributed by atoms with Crippen molar-refractivity contribution in [3.63, 3.8) is 0 Å². The summed E-state index contributed by atoms with van der Waals surface area (Å²) in [5, 5.41) is 3.07. The average molecular weight is 414 g/mol. The van der Waals surface area contributed by atoms with Crippen LogP contribution in [0.5, 0.6) is 0 Å². The van der Waals surface area contributed by atoms with E-state index in [1.807, 2.05) is 18.2 Å². The van der Waals surface area contributed by atoms with Crippen molar-refractivity contribution in [1.82, 2.24) is 19.9 Å². The van der Waals surface area contributed by atoms with Gasteiger partial charge in [0.1, 0.15) is 11.5 Å². The van der Waals surface area contributed by atoms with E-state index in [9.17, 15) is 18.0 Å². The lowest BCUT2D eigenvalue weighted by atomic mass is 9.97. The molecule has 3 N–H and O–H groups in total. The van der Waals surface area contributed by atoms with Crippen molar-refractivity contribution in [2.45, 2.75) is 19.1 Å². The number of hydrogen-bond donors (Lipinski definition) is 2. The van der Waals surface area contributed by atoms with E-state index in [-0.39, 0.29) is 17.5 Å². The lowest BCUT2D eigenvalue weighted by Crippen LogP contribution is -2.36. The van der Waals surface area contributed by atoms with Gasteiger partial charge in [-0.1, -0.05) is 12.1 Å². The number of nitrogens with two attached hydrogens (primary N) is 1. The molecule has 0 atom stereocenters. The molecule has 0 bridgehead atoms. The van der Waals surface area contributed by atoms with Crippen LogP contribution in [-0.4, -0.2) is 32.3 Å². The van der Waals surface area contributed by atoms with Crippen molar-refractivity contribution < 1.29 is 18.0 Å². The molecule has 1 aliphatic heterocycles. The number of alkyl halides is 3. The Hall–Kier alpha value is -3.69. The third-order valence-electron chi connectivity index (χ3n) is 4.80. The summed E-state index contributed by atoms with van der Waals surface area (Å²) < 4.78 is 38.1. The second kappa shape index (κ2) is 7.62. The molecule has 1 amide bonds. The minimum Gasteiger partial charge on any atom is -0.368 e. The van der Waals surface area contributed by atoms with Gasteiger partial charge >= 0.3 is 6.18 Å². The molecule has 1 aliphatic rings. The Morgan fingerprint density at radius 1 is 1.13 bits per heavy atom. The predicted molar refractivity (Wildman–Crippen MR) is 104 cm³/mol. The van der Waals surface area contributed by atoms with Gasteiger partial charge in [0.05, 0.1) is 5.56 Å². The SMILES string of the molecule is Nc1nccc(C(=O)N2CCc3c(cccc3Nc3ccc(C(F)(F)F)cn3)C2)n1. The van der Waals surface area contributed by atoms with Gasteiger partial charge < -0.3 is 16.0 Å². The van der Waals surface area contributed by atoms with E-state index in [1.54, 1.807) is 4.90 Å². The number of anilines is 3. The summed E-state index contributed by atoms with van der Waals surface area (Å²) in [5.74, 6) is 0.109. The molecule has 0 aliphatic carbocycles. The Labute approximate surface area is 169 Å². The Morgan fingerprint density at radius 3 is 2.67 bits per heavy atom. The van der Waals surface area contributed by atoms with Crippen molar-refractivity contribution in [3.05, 3.63) is 71.2 Å². The van der Waals surface area contributed by atoms with Gasteiger partial charge in [-0.2, -0.15) is 13.2 Å². The minimum absolute atomic E-state index is 0.0359. The van der Waals surface area contributed by atoms with Crippen LogP contribution in [0.15, 0.2) is 48.8 Å². The zero-order chi connectivity index (χ0) is 21.3. The number of carbonyl (C=O) groups excluding carboxylic acids is 1. The molecule has 3 aromatic rings. The van der Waals surface area contributed by atoms with Gasteiger partial charge in [-0.15, -0.1) is 0 Å². The maximum Gasteiger partial charge on any atom is 0.417 e. The van der Waals surface area contributed by atoms with E-state index >= 15 is 0 Å². The first-order chi connectivity index (χ1) is 14.3. The van der Waals surface area contributed by atoms with Crippen LogP contribution < -0.4 is 11.1 Å². The molecule has 1 aromatic carbocycles. The Balaban J connectivity index is 1.52. The maximum absolute atomic E-state index is 12.7. The second-order valence-corrected chi connectivity index (χ2v) is 6.77. The molecule has 30 heavy (non-hydrogen) atoms. The maximum atomic E-state index is 12.7. The van der Waals surface area contributed by atoms with E-state index in [2.05, 4.69) is 20.3 Å². The molecule has 0 saturated carbocycles. The van der Waals surface area contributed by atoms with Gasteiger partial charge in [-0.3, -0.25) is 4.79 Å². The number of hydrogen-bond acceptors (Lipinski definition) is 6. The Kier molecular flexibility index (Phi) is 4.98. The molecule has 4 rings (SSSR count). The Morgan fingerprint density at radius 2 is 1.97 bits per heavy atom. The summed E-state index contributed by atoms with van der Waals surface area (Å²) in [6.07, 6.45) is -1.62. The summed E-state index contributed by atoms with van der Waals surface area (Å²) >= 11 is 0. The summed E-state index contributed by atoms with van der Waals surface area (Å²) in [6.45, 7) is 0.850. The lowest BCUT2D eigenvalue weighted by molar-refractivity contribution is -0.137. The third kappa shape index (κ3) is 4.02. The number of halogens is 3. The first kappa shape index (κ1) is 19.6. The molecule has 0 radical (unpaired) electrons. The first-order valence-corrected chi connectivity index (χ1v) is 9.10. The van der Waals surface area contributed by atoms with Crippen LogP contribution in [0, 0.1) is 0 Å². The third-order valence-corrected chi connectivity index (χ3v) is 4.80. The number of nitrogens with one attached hydrogen (secondary N) is 1. The summed E-state index contributed by atoms with van der Waals surface area (Å²) in [5.41, 5.74) is 7.66. The number of pyridine rings is 1. The molecule has 7 nitrogen and oxygen atoms in total. The van der Waals surface area contributed by atoms with Crippen LogP contribution in [0.25, 0.3) is 0 Å². The molecule has 2 aromatic heterocycles. The van der Waals surface area contributed by atoms with Crippen molar-refractivity contribution in [3.8, 4) is 0 Å². The number of benzene rings is 1. The van der Waals surface area contributed by atoms with Gasteiger partial charge in [0, 0.05) is 31.2 Å². The zero-order valence-corrected chi connectivity index (χ0v) is 15.6. The smallest absolute Gasteiger partial charge is 0.368 e. The number of aromatic nitrogens is 3. The fourth-order valence-corrected chi connectivity index (χ4v) is 3.33. The topological polar surface area (TPSA) is 97.0 Å². The number of fused-ring (bicyclic) bond motifs is 1. The monoisotopic (exact) mass is 414 g/mol. The fourth-order valence-electron chi connectivity index (χ4n) is 3.33. The molecule has 0 spiro atoms. The van der Waals surface area contributed by atoms with Crippen molar-refractivity contribution in [2.24, 2.45) is 0 Å². The summed E-state index contributed by atoms with van der Waals surface area (Å²) in [7, 11) is 0. The Bertz CT molecular complexity index is 1080. The highest BCUT2D eigenvalue weighted by molar-refractivity contribution is 5.92. The quantitative estimate of drug-likeness (QED) is 0.682. The standard InChI is InChI=1S/C20H17F3N6O/c21-20(22,23)13-4-5-17(26-10-13)27-15-3-1-2-12-11-29(9-7-14(12)15)18(30)16-6-8-25-19(24)28-16/h1-6,8,10H,7,9,11H2,(H,26,27)(H2,24,25,28). The predicted octanol–water partition coefficient (Wildman–Crippen LogP) is 3.41. The highest BCUT2D eigenvalue weighted by atomic mass is 19.4. The molecule has 0 saturated heterocycles. The number of nitrogens with zero attached hydrogens (tertiary/aromatic N) is 4. The van der Waals surface area contributed by atoms with Crippen LogP contribution in [0.4, 0.5) is 30.6 Å². The van der Waals surface area contributed by atoms with Gasteiger partial charge in [0.25, 0.3) is 5.91 Å². The van der Waals surface area contributed by atoms with Gasteiger partial charge in [-0.25, -0.2) is 15.0 Å². The highest BCUT2D eigenvalue weighted by Crippen LogP contribution is 2.31. The molecular formula is C20H17F3N6O.